The molecule has 158 valence electrons. The van der Waals surface area contributed by atoms with E-state index < -0.39 is 0 Å². The minimum absolute atomic E-state index is 0.0310. The van der Waals surface area contributed by atoms with E-state index in [0.717, 1.165) is 37.7 Å². The number of amides is 2. The molecule has 0 aromatic heterocycles. The minimum atomic E-state index is -0.248. The van der Waals surface area contributed by atoms with E-state index >= 15 is 0 Å². The highest BCUT2D eigenvalue weighted by Gasteiger charge is 2.39. The quantitative estimate of drug-likeness (QED) is 0.608. The van der Waals surface area contributed by atoms with Gasteiger partial charge in [0.05, 0.1) is 7.11 Å². The SMILES string of the molecule is COc1ccc(NC(=O)c2cccc(CC3NNC(=O)C4CCCCC34)c2)cc1O. The van der Waals surface area contributed by atoms with Gasteiger partial charge in [-0.2, -0.15) is 0 Å². The maximum atomic E-state index is 12.7. The summed E-state index contributed by atoms with van der Waals surface area (Å²) in [5.41, 5.74) is 8.09. The summed E-state index contributed by atoms with van der Waals surface area (Å²) in [6.45, 7) is 0. The molecular formula is C23H27N3O4. The number of anilines is 1. The predicted molar refractivity (Wildman–Crippen MR) is 113 cm³/mol. The van der Waals surface area contributed by atoms with Gasteiger partial charge in [-0.3, -0.25) is 15.0 Å². The van der Waals surface area contributed by atoms with Gasteiger partial charge in [-0.1, -0.05) is 25.0 Å². The first-order valence-electron chi connectivity index (χ1n) is 10.4. The number of hydrazine groups is 1. The van der Waals surface area contributed by atoms with Crippen LogP contribution < -0.4 is 20.9 Å². The zero-order valence-electron chi connectivity index (χ0n) is 17.0. The average Bonchev–Trinajstić information content (AvgIpc) is 2.76. The standard InChI is InChI=1S/C23H27N3O4/c1-30-21-10-9-16(13-20(21)27)24-22(28)15-6-4-5-14(11-15)12-19-17-7-2-3-8-18(17)23(29)26-25-19/h4-6,9-11,13,17-19,25,27H,2-3,7-8,12H2,1H3,(H,24,28)(H,26,29). The molecule has 1 saturated carbocycles. The lowest BCUT2D eigenvalue weighted by Gasteiger charge is -2.41. The molecule has 2 aliphatic rings. The smallest absolute Gasteiger partial charge is 0.255 e. The van der Waals surface area contributed by atoms with E-state index in [-0.39, 0.29) is 29.5 Å². The Balaban J connectivity index is 1.45. The number of rotatable bonds is 5. The molecule has 1 heterocycles. The zero-order chi connectivity index (χ0) is 21.1. The Kier molecular flexibility index (Phi) is 5.90. The molecule has 2 amide bonds. The third-order valence-corrected chi connectivity index (χ3v) is 6.14. The van der Waals surface area contributed by atoms with Crippen molar-refractivity contribution in [1.29, 1.82) is 0 Å². The fraction of sp³-hybridized carbons (Fsp3) is 0.391. The highest BCUT2D eigenvalue weighted by atomic mass is 16.5. The van der Waals surface area contributed by atoms with Crippen molar-refractivity contribution in [3.63, 3.8) is 0 Å². The second-order valence-electron chi connectivity index (χ2n) is 8.04. The third-order valence-electron chi connectivity index (χ3n) is 6.14. The molecule has 2 aromatic rings. The first-order chi connectivity index (χ1) is 14.5. The molecule has 1 saturated heterocycles. The summed E-state index contributed by atoms with van der Waals surface area (Å²) in [6.07, 6.45) is 5.01. The van der Waals surface area contributed by atoms with Crippen LogP contribution in [0, 0.1) is 11.8 Å². The highest BCUT2D eigenvalue weighted by Crippen LogP contribution is 2.35. The molecule has 2 fully saturated rings. The number of aromatic hydroxyl groups is 1. The topological polar surface area (TPSA) is 99.7 Å². The van der Waals surface area contributed by atoms with Crippen LogP contribution in [0.4, 0.5) is 5.69 Å². The maximum absolute atomic E-state index is 12.7. The van der Waals surface area contributed by atoms with Crippen molar-refractivity contribution in [2.75, 3.05) is 12.4 Å². The molecule has 1 aliphatic heterocycles. The summed E-state index contributed by atoms with van der Waals surface area (Å²) in [5.74, 6) is 0.583. The van der Waals surface area contributed by atoms with E-state index in [1.54, 1.807) is 18.2 Å². The number of fused-ring (bicyclic) bond motifs is 1. The number of hydrogen-bond acceptors (Lipinski definition) is 5. The molecule has 30 heavy (non-hydrogen) atoms. The molecule has 7 heteroatoms. The number of carbonyl (C=O) groups is 2. The van der Waals surface area contributed by atoms with Crippen LogP contribution in [-0.2, 0) is 11.2 Å². The van der Waals surface area contributed by atoms with Gasteiger partial charge in [0.2, 0.25) is 5.91 Å². The Hall–Kier alpha value is -3.06. The van der Waals surface area contributed by atoms with Crippen molar-refractivity contribution in [2.45, 2.75) is 38.1 Å². The lowest BCUT2D eigenvalue weighted by Crippen LogP contribution is -2.60. The monoisotopic (exact) mass is 409 g/mol. The van der Waals surface area contributed by atoms with Crippen LogP contribution in [-0.4, -0.2) is 30.1 Å². The van der Waals surface area contributed by atoms with Crippen molar-refractivity contribution in [3.05, 3.63) is 53.6 Å². The van der Waals surface area contributed by atoms with Crippen LogP contribution in [0.5, 0.6) is 11.5 Å². The molecule has 0 radical (unpaired) electrons. The molecule has 7 nitrogen and oxygen atoms in total. The molecule has 4 rings (SSSR count). The summed E-state index contributed by atoms with van der Waals surface area (Å²) >= 11 is 0. The number of hydrogen-bond donors (Lipinski definition) is 4. The van der Waals surface area contributed by atoms with Gasteiger partial charge in [0, 0.05) is 29.3 Å². The zero-order valence-corrected chi connectivity index (χ0v) is 17.0. The normalized spacial score (nSPS) is 23.2. The Labute approximate surface area is 175 Å². The van der Waals surface area contributed by atoms with E-state index in [0.29, 0.717) is 22.9 Å². The number of nitrogens with one attached hydrogen (secondary N) is 3. The van der Waals surface area contributed by atoms with Crippen LogP contribution in [0.2, 0.25) is 0 Å². The number of phenolic OH excluding ortho intramolecular Hbond substituents is 1. The largest absolute Gasteiger partial charge is 0.504 e. The fourth-order valence-electron chi connectivity index (χ4n) is 4.60. The Morgan fingerprint density at radius 2 is 2.03 bits per heavy atom. The minimum Gasteiger partial charge on any atom is -0.504 e. The maximum Gasteiger partial charge on any atom is 0.255 e. The summed E-state index contributed by atoms with van der Waals surface area (Å²) in [5, 5.41) is 12.7. The second kappa shape index (κ2) is 8.75. The van der Waals surface area contributed by atoms with Crippen LogP contribution >= 0.6 is 0 Å². The van der Waals surface area contributed by atoms with Gasteiger partial charge in [-0.25, -0.2) is 5.43 Å². The first kappa shape index (κ1) is 20.2. The molecule has 1 aliphatic carbocycles. The van der Waals surface area contributed by atoms with E-state index in [4.69, 9.17) is 4.74 Å². The van der Waals surface area contributed by atoms with Crippen molar-refractivity contribution >= 4 is 17.5 Å². The van der Waals surface area contributed by atoms with Gasteiger partial charge in [0.1, 0.15) is 0 Å². The lowest BCUT2D eigenvalue weighted by molar-refractivity contribution is -0.133. The number of benzene rings is 2. The number of phenols is 1. The van der Waals surface area contributed by atoms with Crippen LogP contribution in [0.15, 0.2) is 42.5 Å². The first-order valence-corrected chi connectivity index (χ1v) is 10.4. The van der Waals surface area contributed by atoms with Crippen molar-refractivity contribution in [1.82, 2.24) is 10.9 Å². The molecule has 3 atom stereocenters. The number of ether oxygens (including phenoxy) is 1. The number of methoxy groups -OCH3 is 1. The molecule has 0 spiro atoms. The van der Waals surface area contributed by atoms with Gasteiger partial charge >= 0.3 is 0 Å². The Morgan fingerprint density at radius 1 is 1.20 bits per heavy atom. The van der Waals surface area contributed by atoms with E-state index in [9.17, 15) is 14.7 Å². The number of carbonyl (C=O) groups excluding carboxylic acids is 2. The Morgan fingerprint density at radius 3 is 2.83 bits per heavy atom. The van der Waals surface area contributed by atoms with Gasteiger partial charge < -0.3 is 15.2 Å². The van der Waals surface area contributed by atoms with Crippen LogP contribution in [0.25, 0.3) is 0 Å². The van der Waals surface area contributed by atoms with Gasteiger partial charge in [-0.15, -0.1) is 0 Å². The average molecular weight is 409 g/mol. The van der Waals surface area contributed by atoms with Gasteiger partial charge in [0.25, 0.3) is 5.91 Å². The predicted octanol–water partition coefficient (Wildman–Crippen LogP) is 3.01. The molecule has 4 N–H and O–H groups in total. The summed E-state index contributed by atoms with van der Waals surface area (Å²) in [6, 6.07) is 12.4. The lowest BCUT2D eigenvalue weighted by atomic mass is 9.72. The van der Waals surface area contributed by atoms with Crippen molar-refractivity contribution < 1.29 is 19.4 Å². The van der Waals surface area contributed by atoms with Crippen molar-refractivity contribution in [2.24, 2.45) is 11.8 Å². The van der Waals surface area contributed by atoms with Crippen LogP contribution in [0.3, 0.4) is 0 Å². The highest BCUT2D eigenvalue weighted by molar-refractivity contribution is 6.04. The third kappa shape index (κ3) is 4.26. The van der Waals surface area contributed by atoms with E-state index in [1.807, 2.05) is 18.2 Å². The van der Waals surface area contributed by atoms with Crippen LogP contribution in [0.1, 0.15) is 41.6 Å². The molecule has 2 aromatic carbocycles. The van der Waals surface area contributed by atoms with Crippen molar-refractivity contribution in [3.8, 4) is 11.5 Å². The summed E-state index contributed by atoms with van der Waals surface area (Å²) in [7, 11) is 1.47. The molecule has 0 bridgehead atoms. The summed E-state index contributed by atoms with van der Waals surface area (Å²) in [4.78, 5) is 24.9. The summed E-state index contributed by atoms with van der Waals surface area (Å²) < 4.78 is 5.03. The molecular weight excluding hydrogens is 382 g/mol. The fourth-order valence-corrected chi connectivity index (χ4v) is 4.60. The second-order valence-corrected chi connectivity index (χ2v) is 8.04. The van der Waals surface area contributed by atoms with Gasteiger partial charge in [0.15, 0.2) is 11.5 Å². The van der Waals surface area contributed by atoms with E-state index in [2.05, 4.69) is 16.2 Å². The molecule has 3 unspecified atom stereocenters. The Bertz CT molecular complexity index is 946. The van der Waals surface area contributed by atoms with Gasteiger partial charge in [-0.05, 0) is 55.0 Å². The van der Waals surface area contributed by atoms with E-state index in [1.165, 1.54) is 13.2 Å².